The van der Waals surface area contributed by atoms with E-state index in [4.69, 9.17) is 4.74 Å². The van der Waals surface area contributed by atoms with E-state index in [2.05, 4.69) is 26.6 Å². The van der Waals surface area contributed by atoms with E-state index < -0.39 is 0 Å². The normalized spacial score (nSPS) is 11.7. The molecule has 5 nitrogen and oxygen atoms in total. The van der Waals surface area contributed by atoms with Crippen molar-refractivity contribution in [3.8, 4) is 5.75 Å². The van der Waals surface area contributed by atoms with Crippen molar-refractivity contribution >= 4 is 33.4 Å². The maximum absolute atomic E-state index is 13.1. The summed E-state index contributed by atoms with van der Waals surface area (Å²) in [6.45, 7) is 6.51. The predicted octanol–water partition coefficient (Wildman–Crippen LogP) is 6.23. The van der Waals surface area contributed by atoms with Crippen LogP contribution in [0.3, 0.4) is 0 Å². The lowest BCUT2D eigenvalue weighted by Crippen LogP contribution is -2.28. The Kier molecular flexibility index (Phi) is 8.06. The molecule has 0 aromatic heterocycles. The lowest BCUT2D eigenvalue weighted by Gasteiger charge is -2.17. The summed E-state index contributed by atoms with van der Waals surface area (Å²) in [5.41, 5.74) is 2.23. The molecule has 0 saturated heterocycles. The first-order valence-corrected chi connectivity index (χ1v) is 11.3. The summed E-state index contributed by atoms with van der Waals surface area (Å²) in [5.74, 6) is 0.216. The van der Waals surface area contributed by atoms with E-state index in [9.17, 15) is 9.59 Å². The zero-order valence-corrected chi connectivity index (χ0v) is 20.0. The van der Waals surface area contributed by atoms with Gasteiger partial charge in [-0.05, 0) is 48.7 Å². The van der Waals surface area contributed by atoms with Gasteiger partial charge in [-0.15, -0.1) is 0 Å². The van der Waals surface area contributed by atoms with Crippen LogP contribution in [-0.4, -0.2) is 18.4 Å². The molecule has 0 spiro atoms. The molecule has 3 rings (SSSR count). The fraction of sp³-hybridized carbons (Fsp3) is 0.231. The van der Waals surface area contributed by atoms with Crippen LogP contribution in [0.1, 0.15) is 53.1 Å². The van der Waals surface area contributed by atoms with Crippen LogP contribution in [0, 0.1) is 5.92 Å². The Balaban J connectivity index is 1.80. The van der Waals surface area contributed by atoms with Crippen molar-refractivity contribution in [2.24, 2.45) is 5.92 Å². The quantitative estimate of drug-likeness (QED) is 0.390. The number of hydrogen-bond donors (Lipinski definition) is 2. The van der Waals surface area contributed by atoms with Gasteiger partial charge >= 0.3 is 0 Å². The van der Waals surface area contributed by atoms with Crippen LogP contribution in [0.2, 0.25) is 0 Å². The van der Waals surface area contributed by atoms with E-state index in [1.807, 2.05) is 57.2 Å². The highest BCUT2D eigenvalue weighted by Crippen LogP contribution is 2.26. The maximum Gasteiger partial charge on any atom is 0.259 e. The Hall–Kier alpha value is -3.12. The third-order valence-corrected chi connectivity index (χ3v) is 5.32. The topological polar surface area (TPSA) is 67.4 Å². The SMILES string of the molecule is CC(C)COc1ccc(Br)cc1C(=O)Nc1ccccc1C(=O)NC(C)c1ccccc1. The van der Waals surface area contributed by atoms with Crippen LogP contribution in [-0.2, 0) is 0 Å². The minimum absolute atomic E-state index is 0.173. The van der Waals surface area contributed by atoms with Crippen LogP contribution in [0.15, 0.2) is 77.3 Å². The first-order chi connectivity index (χ1) is 15.3. The molecule has 0 radical (unpaired) electrons. The van der Waals surface area contributed by atoms with Crippen molar-refractivity contribution < 1.29 is 14.3 Å². The average molecular weight is 495 g/mol. The zero-order chi connectivity index (χ0) is 23.1. The van der Waals surface area contributed by atoms with Gasteiger partial charge in [0.15, 0.2) is 0 Å². The molecule has 32 heavy (non-hydrogen) atoms. The summed E-state index contributed by atoms with van der Waals surface area (Å²) in [6.07, 6.45) is 0. The van der Waals surface area contributed by atoms with Gasteiger partial charge < -0.3 is 15.4 Å². The predicted molar refractivity (Wildman–Crippen MR) is 131 cm³/mol. The number of carbonyl (C=O) groups excluding carboxylic acids is 2. The number of para-hydroxylation sites is 1. The van der Waals surface area contributed by atoms with Crippen molar-refractivity contribution in [2.75, 3.05) is 11.9 Å². The number of ether oxygens (including phenoxy) is 1. The number of anilines is 1. The minimum Gasteiger partial charge on any atom is -0.492 e. The van der Waals surface area contributed by atoms with Crippen molar-refractivity contribution in [3.05, 3.63) is 94.0 Å². The summed E-state index contributed by atoms with van der Waals surface area (Å²) < 4.78 is 6.60. The second-order valence-corrected chi connectivity index (χ2v) is 8.87. The van der Waals surface area contributed by atoms with Gasteiger partial charge in [-0.25, -0.2) is 0 Å². The smallest absolute Gasteiger partial charge is 0.259 e. The first kappa shape index (κ1) is 23.5. The molecule has 0 heterocycles. The molecule has 3 aromatic carbocycles. The average Bonchev–Trinajstić information content (AvgIpc) is 2.79. The molecule has 2 amide bonds. The molecule has 2 N–H and O–H groups in total. The Bertz CT molecular complexity index is 1080. The van der Waals surface area contributed by atoms with Crippen molar-refractivity contribution in [1.82, 2.24) is 5.32 Å². The first-order valence-electron chi connectivity index (χ1n) is 10.5. The molecule has 0 fully saturated rings. The second kappa shape index (κ2) is 11.0. The molecule has 166 valence electrons. The Morgan fingerprint density at radius 3 is 2.28 bits per heavy atom. The lowest BCUT2D eigenvalue weighted by atomic mass is 10.1. The van der Waals surface area contributed by atoms with Gasteiger partial charge in [0.25, 0.3) is 11.8 Å². The van der Waals surface area contributed by atoms with E-state index in [0.29, 0.717) is 35.1 Å². The van der Waals surface area contributed by atoms with Crippen LogP contribution in [0.4, 0.5) is 5.69 Å². The fourth-order valence-electron chi connectivity index (χ4n) is 3.14. The Labute approximate surface area is 197 Å². The zero-order valence-electron chi connectivity index (χ0n) is 18.4. The van der Waals surface area contributed by atoms with Crippen LogP contribution < -0.4 is 15.4 Å². The molecule has 0 aliphatic carbocycles. The monoisotopic (exact) mass is 494 g/mol. The number of hydrogen-bond acceptors (Lipinski definition) is 3. The standard InChI is InChI=1S/C26H27BrN2O3/c1-17(2)16-32-24-14-13-20(27)15-22(24)26(31)29-23-12-8-7-11-21(23)25(30)28-18(3)19-9-5-4-6-10-19/h4-15,17-18H,16H2,1-3H3,(H,28,30)(H,29,31). The van der Waals surface area contributed by atoms with Gasteiger partial charge in [-0.2, -0.15) is 0 Å². The summed E-state index contributed by atoms with van der Waals surface area (Å²) >= 11 is 3.42. The van der Waals surface area contributed by atoms with E-state index >= 15 is 0 Å². The molecule has 0 aliphatic heterocycles. The minimum atomic E-state index is -0.346. The summed E-state index contributed by atoms with van der Waals surface area (Å²) in [6, 6.07) is 21.8. The lowest BCUT2D eigenvalue weighted by molar-refractivity contribution is 0.0940. The van der Waals surface area contributed by atoms with E-state index in [-0.39, 0.29) is 17.9 Å². The number of rotatable bonds is 8. The van der Waals surface area contributed by atoms with E-state index in [1.54, 1.807) is 36.4 Å². The third kappa shape index (κ3) is 6.20. The molecule has 0 saturated carbocycles. The van der Waals surface area contributed by atoms with Gasteiger partial charge in [0, 0.05) is 4.47 Å². The molecule has 0 aliphatic rings. The largest absolute Gasteiger partial charge is 0.492 e. The van der Waals surface area contributed by atoms with Gasteiger partial charge in [-0.3, -0.25) is 9.59 Å². The molecule has 6 heteroatoms. The van der Waals surface area contributed by atoms with Gasteiger partial charge in [0.2, 0.25) is 0 Å². The summed E-state index contributed by atoms with van der Waals surface area (Å²) in [4.78, 5) is 26.1. The maximum atomic E-state index is 13.1. The van der Waals surface area contributed by atoms with Gasteiger partial charge in [0.1, 0.15) is 5.75 Å². The number of carbonyl (C=O) groups is 2. The molecule has 1 unspecified atom stereocenters. The summed E-state index contributed by atoms with van der Waals surface area (Å²) in [5, 5.41) is 5.87. The van der Waals surface area contributed by atoms with Crippen LogP contribution >= 0.6 is 15.9 Å². The van der Waals surface area contributed by atoms with Crippen LogP contribution in [0.5, 0.6) is 5.75 Å². The Morgan fingerprint density at radius 2 is 1.56 bits per heavy atom. The highest BCUT2D eigenvalue weighted by Gasteiger charge is 2.19. The fourth-order valence-corrected chi connectivity index (χ4v) is 3.50. The molecule has 1 atom stereocenters. The highest BCUT2D eigenvalue weighted by molar-refractivity contribution is 9.10. The third-order valence-electron chi connectivity index (χ3n) is 4.83. The van der Waals surface area contributed by atoms with Crippen LogP contribution in [0.25, 0.3) is 0 Å². The highest BCUT2D eigenvalue weighted by atomic mass is 79.9. The van der Waals surface area contributed by atoms with Gasteiger partial charge in [-0.1, -0.05) is 72.2 Å². The Morgan fingerprint density at radius 1 is 0.875 bits per heavy atom. The second-order valence-electron chi connectivity index (χ2n) is 7.95. The number of halogens is 1. The van der Waals surface area contributed by atoms with Gasteiger partial charge in [0.05, 0.1) is 29.5 Å². The van der Waals surface area contributed by atoms with Crippen molar-refractivity contribution in [3.63, 3.8) is 0 Å². The summed E-state index contributed by atoms with van der Waals surface area (Å²) in [7, 11) is 0. The van der Waals surface area contributed by atoms with Crippen molar-refractivity contribution in [1.29, 1.82) is 0 Å². The molecule has 0 bridgehead atoms. The van der Waals surface area contributed by atoms with E-state index in [0.717, 1.165) is 10.0 Å². The molecule has 3 aromatic rings. The number of nitrogens with one attached hydrogen (secondary N) is 2. The van der Waals surface area contributed by atoms with Crippen molar-refractivity contribution in [2.45, 2.75) is 26.8 Å². The number of amides is 2. The molecular formula is C26H27BrN2O3. The number of benzene rings is 3. The van der Waals surface area contributed by atoms with E-state index in [1.165, 1.54) is 0 Å². The molecular weight excluding hydrogens is 468 g/mol.